The van der Waals surface area contributed by atoms with E-state index in [4.69, 9.17) is 27.9 Å². The third-order valence-electron chi connectivity index (χ3n) is 9.72. The van der Waals surface area contributed by atoms with E-state index in [1.54, 1.807) is 29.4 Å². The summed E-state index contributed by atoms with van der Waals surface area (Å²) in [5.74, 6) is -0.406. The Balaban J connectivity index is 1.37. The molecule has 1 aliphatic heterocycles. The van der Waals surface area contributed by atoms with E-state index < -0.39 is 5.97 Å². The summed E-state index contributed by atoms with van der Waals surface area (Å²) in [5.41, 5.74) is 9.28. The second-order valence-electron chi connectivity index (χ2n) is 13.0. The summed E-state index contributed by atoms with van der Waals surface area (Å²) in [6, 6.07) is 12.8. The fourth-order valence-electron chi connectivity index (χ4n) is 7.40. The molecule has 0 atom stereocenters. The number of carbonyl (C=O) groups is 2. The van der Waals surface area contributed by atoms with Gasteiger partial charge in [0.1, 0.15) is 17.8 Å². The van der Waals surface area contributed by atoms with Crippen molar-refractivity contribution < 1.29 is 19.4 Å². The maximum atomic E-state index is 15.0. The lowest BCUT2D eigenvalue weighted by Crippen LogP contribution is -2.31. The Morgan fingerprint density at radius 2 is 1.66 bits per heavy atom. The van der Waals surface area contributed by atoms with Crippen LogP contribution < -0.4 is 9.64 Å². The van der Waals surface area contributed by atoms with Gasteiger partial charge in [-0.3, -0.25) is 4.79 Å². The van der Waals surface area contributed by atoms with Crippen LogP contribution in [-0.4, -0.2) is 49.2 Å². The highest BCUT2D eigenvalue weighted by Gasteiger charge is 2.33. The first-order valence-electron chi connectivity index (χ1n) is 16.6. The molecule has 0 saturated heterocycles. The van der Waals surface area contributed by atoms with Crippen LogP contribution in [0.25, 0.3) is 32.9 Å². The Morgan fingerprint density at radius 1 is 0.940 bits per heavy atom. The zero-order valence-corrected chi connectivity index (χ0v) is 30.1. The maximum Gasteiger partial charge on any atom is 0.335 e. The molecule has 256 valence electrons. The predicted molar refractivity (Wildman–Crippen MR) is 198 cm³/mol. The Kier molecular flexibility index (Phi) is 8.82. The molecular formula is C39H37Cl2N5O4. The molecule has 0 fully saturated rings. The molecule has 3 aromatic carbocycles. The predicted octanol–water partition coefficient (Wildman–Crippen LogP) is 8.89. The molecule has 7 rings (SSSR count). The fraction of sp³-hybridized carbons (Fsp3) is 0.282. The van der Waals surface area contributed by atoms with Crippen molar-refractivity contribution in [3.63, 3.8) is 0 Å². The van der Waals surface area contributed by atoms with Gasteiger partial charge in [0.2, 0.25) is 0 Å². The van der Waals surface area contributed by atoms with Crippen molar-refractivity contribution in [1.82, 2.24) is 19.1 Å². The number of carboxylic acid groups (broad SMARTS) is 1. The van der Waals surface area contributed by atoms with Crippen LogP contribution in [-0.2, 0) is 20.0 Å². The molecule has 0 saturated carbocycles. The number of aromatic nitrogens is 4. The van der Waals surface area contributed by atoms with Gasteiger partial charge in [-0.1, -0.05) is 29.3 Å². The quantitative estimate of drug-likeness (QED) is 0.158. The monoisotopic (exact) mass is 709 g/mol. The van der Waals surface area contributed by atoms with Crippen molar-refractivity contribution in [1.29, 1.82) is 0 Å². The Morgan fingerprint density at radius 3 is 2.36 bits per heavy atom. The molecule has 1 N–H and O–H groups in total. The third kappa shape index (κ3) is 5.68. The molecule has 3 aromatic heterocycles. The first-order valence-corrected chi connectivity index (χ1v) is 17.4. The van der Waals surface area contributed by atoms with E-state index in [2.05, 4.69) is 14.5 Å². The van der Waals surface area contributed by atoms with Crippen LogP contribution in [0.15, 0.2) is 55.0 Å². The zero-order chi connectivity index (χ0) is 35.4. The van der Waals surface area contributed by atoms with Crippen LogP contribution in [0, 0.1) is 27.7 Å². The van der Waals surface area contributed by atoms with Gasteiger partial charge in [0, 0.05) is 70.2 Å². The number of carboxylic acids is 1. The van der Waals surface area contributed by atoms with Crippen molar-refractivity contribution in [3.05, 3.63) is 104 Å². The number of benzene rings is 3. The molecule has 6 aromatic rings. The molecule has 0 spiro atoms. The molecule has 11 heteroatoms. The summed E-state index contributed by atoms with van der Waals surface area (Å²) in [5, 5.41) is 12.7. The van der Waals surface area contributed by atoms with Crippen molar-refractivity contribution >= 4 is 62.6 Å². The maximum absolute atomic E-state index is 15.0. The number of ether oxygens (including phenoxy) is 1. The van der Waals surface area contributed by atoms with E-state index in [1.807, 2.05) is 69.8 Å². The lowest BCUT2D eigenvalue weighted by Gasteiger charge is -2.20. The van der Waals surface area contributed by atoms with Crippen molar-refractivity contribution in [2.75, 3.05) is 18.1 Å². The van der Waals surface area contributed by atoms with Gasteiger partial charge in [0.25, 0.3) is 5.91 Å². The number of hydrogen-bond donors (Lipinski definition) is 1. The molecule has 0 radical (unpaired) electrons. The number of halogens is 2. The van der Waals surface area contributed by atoms with Gasteiger partial charge in [0.05, 0.1) is 28.4 Å². The van der Waals surface area contributed by atoms with E-state index >= 15 is 4.79 Å². The van der Waals surface area contributed by atoms with Gasteiger partial charge in [-0.15, -0.1) is 0 Å². The van der Waals surface area contributed by atoms with E-state index in [0.717, 1.165) is 66.4 Å². The van der Waals surface area contributed by atoms with Crippen LogP contribution in [0.5, 0.6) is 5.75 Å². The number of amides is 1. The minimum Gasteiger partial charge on any atom is -0.494 e. The van der Waals surface area contributed by atoms with E-state index in [1.165, 1.54) is 0 Å². The van der Waals surface area contributed by atoms with Crippen molar-refractivity contribution in [2.45, 2.75) is 53.5 Å². The lowest BCUT2D eigenvalue weighted by atomic mass is 9.97. The van der Waals surface area contributed by atoms with Crippen LogP contribution in [0.4, 0.5) is 5.69 Å². The average Bonchev–Trinajstić information content (AvgIpc) is 3.51. The summed E-state index contributed by atoms with van der Waals surface area (Å²) in [4.78, 5) is 37.7. The molecule has 9 nitrogen and oxygen atoms in total. The molecule has 50 heavy (non-hydrogen) atoms. The summed E-state index contributed by atoms with van der Waals surface area (Å²) in [7, 11) is 1.90. The van der Waals surface area contributed by atoms with Crippen molar-refractivity contribution in [3.8, 4) is 16.9 Å². The molecule has 0 bridgehead atoms. The van der Waals surface area contributed by atoms with Crippen molar-refractivity contribution in [2.24, 2.45) is 7.05 Å². The van der Waals surface area contributed by atoms with Gasteiger partial charge in [-0.05, 0) is 100 Å². The molecule has 1 amide bonds. The van der Waals surface area contributed by atoms with Gasteiger partial charge < -0.3 is 23.9 Å². The number of anilines is 1. The average molecular weight is 711 g/mol. The molecule has 1 aliphatic rings. The third-order valence-corrected chi connectivity index (χ3v) is 10.6. The number of hydrogen-bond acceptors (Lipinski definition) is 5. The first-order chi connectivity index (χ1) is 24.0. The minimum atomic E-state index is -1.02. The summed E-state index contributed by atoms with van der Waals surface area (Å²) < 4.78 is 10.3. The standard InChI is InChI=1S/C39H37Cl2N5O4/c1-21-16-26(17-22(2)35(21)41)50-15-6-8-27-28-10-11-30(40)34(33-23(3)42-20-43-24(33)4)36(28)46-14-7-13-45(38(47)37(27)46)32-19-44(5)31-12-9-25(39(48)49)18-29(31)32/h9-12,16-20H,6-8,13-15H2,1-5H3,(H,48,49). The smallest absolute Gasteiger partial charge is 0.335 e. The highest BCUT2D eigenvalue weighted by atomic mass is 35.5. The normalized spacial score (nSPS) is 13.3. The largest absolute Gasteiger partial charge is 0.494 e. The molecule has 0 unspecified atom stereocenters. The summed E-state index contributed by atoms with van der Waals surface area (Å²) in [6.07, 6.45) is 5.36. The van der Waals surface area contributed by atoms with Gasteiger partial charge in [-0.2, -0.15) is 0 Å². The van der Waals surface area contributed by atoms with Gasteiger partial charge in [-0.25, -0.2) is 14.8 Å². The first kappa shape index (κ1) is 33.6. The van der Waals surface area contributed by atoms with Crippen LogP contribution >= 0.6 is 23.2 Å². The van der Waals surface area contributed by atoms with Crippen LogP contribution in [0.1, 0.15) is 61.8 Å². The second-order valence-corrected chi connectivity index (χ2v) is 13.8. The lowest BCUT2D eigenvalue weighted by molar-refractivity contribution is 0.0696. The SMILES string of the molecule is Cc1cc(OCCCc2c3n(c4c(-c5c(C)ncnc5C)c(Cl)ccc24)CCCN(c2cn(C)c4ccc(C(=O)O)cc24)C3=O)cc(C)c1Cl. The van der Waals surface area contributed by atoms with Gasteiger partial charge in [0.15, 0.2) is 0 Å². The number of rotatable bonds is 8. The zero-order valence-electron chi connectivity index (χ0n) is 28.6. The molecule has 4 heterocycles. The number of carbonyl (C=O) groups excluding carboxylic acids is 1. The van der Waals surface area contributed by atoms with Crippen LogP contribution in [0.3, 0.4) is 0 Å². The highest BCUT2D eigenvalue weighted by molar-refractivity contribution is 6.35. The Hall–Kier alpha value is -4.86. The topological polar surface area (TPSA) is 102 Å². The summed E-state index contributed by atoms with van der Waals surface area (Å²) >= 11 is 13.4. The van der Waals surface area contributed by atoms with Gasteiger partial charge >= 0.3 is 5.97 Å². The number of fused-ring (bicyclic) bond motifs is 4. The number of aromatic carboxylic acids is 1. The minimum absolute atomic E-state index is 0.147. The van der Waals surface area contributed by atoms with Crippen LogP contribution in [0.2, 0.25) is 10.0 Å². The molecule has 0 aliphatic carbocycles. The Bertz CT molecular complexity index is 2320. The molecular weight excluding hydrogens is 673 g/mol. The number of nitrogens with zero attached hydrogens (tertiary/aromatic N) is 5. The second kappa shape index (κ2) is 13.1. The van der Waals surface area contributed by atoms with E-state index in [-0.39, 0.29) is 11.5 Å². The highest BCUT2D eigenvalue weighted by Crippen LogP contribution is 2.43. The fourth-order valence-corrected chi connectivity index (χ4v) is 7.76. The number of aryl methyl sites for hydroxylation is 7. The Labute approximate surface area is 300 Å². The van der Waals surface area contributed by atoms with E-state index in [0.29, 0.717) is 60.7 Å². The van der Waals surface area contributed by atoms with E-state index in [9.17, 15) is 9.90 Å². The summed E-state index contributed by atoms with van der Waals surface area (Å²) in [6.45, 7) is 9.30.